The van der Waals surface area contributed by atoms with Gasteiger partial charge in [0, 0.05) is 30.8 Å². The van der Waals surface area contributed by atoms with Crippen LogP contribution in [-0.4, -0.2) is 51.8 Å². The van der Waals surface area contributed by atoms with Gasteiger partial charge in [-0.3, -0.25) is 34.3 Å². The molecule has 0 spiro atoms. The molecule has 2 amide bonds. The lowest BCUT2D eigenvalue weighted by atomic mass is 9.86. The molecule has 0 saturated carbocycles. The van der Waals surface area contributed by atoms with Crippen molar-refractivity contribution in [1.29, 1.82) is 0 Å². The number of carbonyl (C=O) groups is 4. The Hall–Kier alpha value is -4.67. The number of ketones is 1. The summed E-state index contributed by atoms with van der Waals surface area (Å²) >= 11 is 0. The molecule has 5 rings (SSSR count). The van der Waals surface area contributed by atoms with E-state index < -0.39 is 52.4 Å². The zero-order valence-electron chi connectivity index (χ0n) is 18.3. The van der Waals surface area contributed by atoms with Crippen molar-refractivity contribution in [3.63, 3.8) is 0 Å². The molecule has 35 heavy (non-hydrogen) atoms. The number of anilines is 1. The summed E-state index contributed by atoms with van der Waals surface area (Å²) in [4.78, 5) is 63.3. The first-order valence-corrected chi connectivity index (χ1v) is 10.7. The number of non-ortho nitro benzene ring substituents is 1. The van der Waals surface area contributed by atoms with Gasteiger partial charge in [-0.1, -0.05) is 12.1 Å². The Morgan fingerprint density at radius 1 is 1.06 bits per heavy atom. The summed E-state index contributed by atoms with van der Waals surface area (Å²) in [6.45, 7) is 1.26. The van der Waals surface area contributed by atoms with Crippen LogP contribution in [0.2, 0.25) is 0 Å². The van der Waals surface area contributed by atoms with Gasteiger partial charge >= 0.3 is 5.97 Å². The van der Waals surface area contributed by atoms with Crippen LogP contribution in [0.25, 0.3) is 0 Å². The van der Waals surface area contributed by atoms with Crippen LogP contribution >= 0.6 is 0 Å². The van der Waals surface area contributed by atoms with E-state index in [4.69, 9.17) is 4.74 Å². The summed E-state index contributed by atoms with van der Waals surface area (Å²) in [6, 6.07) is 9.47. The predicted molar refractivity (Wildman–Crippen MR) is 122 cm³/mol. The highest BCUT2D eigenvalue weighted by atomic mass is 16.6. The van der Waals surface area contributed by atoms with Gasteiger partial charge in [0.25, 0.3) is 5.69 Å². The fourth-order valence-corrected chi connectivity index (χ4v) is 4.86. The Morgan fingerprint density at radius 3 is 2.46 bits per heavy atom. The molecular formula is C24H18N4O7. The highest BCUT2D eigenvalue weighted by Crippen LogP contribution is 2.46. The molecule has 0 N–H and O–H groups in total. The molecule has 176 valence electrons. The van der Waals surface area contributed by atoms with Gasteiger partial charge in [-0.05, 0) is 36.4 Å². The molecule has 2 fully saturated rings. The van der Waals surface area contributed by atoms with Crippen LogP contribution in [-0.2, 0) is 14.4 Å². The monoisotopic (exact) mass is 474 g/mol. The number of allylic oxidation sites excluding steroid dienone is 1. The number of nitro benzene ring substituents is 1. The Labute approximate surface area is 198 Å². The maximum absolute atomic E-state index is 13.6. The number of fused-ring (bicyclic) bond motifs is 3. The zero-order chi connectivity index (χ0) is 24.9. The van der Waals surface area contributed by atoms with Crippen molar-refractivity contribution in [2.75, 3.05) is 4.90 Å². The highest BCUT2D eigenvalue weighted by Gasteiger charge is 2.64. The standard InChI is InChI=1S/C24H18N4O7/c1-13(29)35-17-9-7-14(8-10-17)22(30)21-20-19(18-6-3-11-25-27(18)21)23(31)26(24(20)32)15-4-2-5-16(12-15)28(33)34/h2-12,18-21H,1H3/t18-,19-,20+,21+/m1/s1. The van der Waals surface area contributed by atoms with E-state index in [-0.39, 0.29) is 22.7 Å². The zero-order valence-corrected chi connectivity index (χ0v) is 18.3. The first-order chi connectivity index (χ1) is 16.8. The fourth-order valence-electron chi connectivity index (χ4n) is 4.86. The van der Waals surface area contributed by atoms with Gasteiger partial charge in [-0.2, -0.15) is 5.10 Å². The van der Waals surface area contributed by atoms with Crippen molar-refractivity contribution in [1.82, 2.24) is 5.01 Å². The van der Waals surface area contributed by atoms with E-state index in [1.54, 1.807) is 12.2 Å². The SMILES string of the molecule is CC(=O)Oc1ccc(C(=O)[C@@H]2[C@H]3C(=O)N(c4cccc([N+](=O)[O-])c4)C(=O)[C@@H]3[C@H]3C=CC=NN32)cc1. The van der Waals surface area contributed by atoms with E-state index in [1.807, 2.05) is 0 Å². The summed E-state index contributed by atoms with van der Waals surface area (Å²) < 4.78 is 5.00. The van der Waals surface area contributed by atoms with Gasteiger partial charge in [-0.15, -0.1) is 0 Å². The molecule has 2 aromatic rings. The minimum Gasteiger partial charge on any atom is -0.427 e. The number of hydrazone groups is 1. The van der Waals surface area contributed by atoms with Gasteiger partial charge in [0.15, 0.2) is 5.78 Å². The van der Waals surface area contributed by atoms with Crippen LogP contribution in [0.15, 0.2) is 65.8 Å². The smallest absolute Gasteiger partial charge is 0.308 e. The normalized spacial score (nSPS) is 24.4. The van der Waals surface area contributed by atoms with Crippen LogP contribution in [0.1, 0.15) is 17.3 Å². The number of ether oxygens (including phenoxy) is 1. The number of carbonyl (C=O) groups excluding carboxylic acids is 4. The van der Waals surface area contributed by atoms with Gasteiger partial charge in [-0.25, -0.2) is 4.90 Å². The molecule has 2 aromatic carbocycles. The van der Waals surface area contributed by atoms with Crippen LogP contribution in [0.5, 0.6) is 5.75 Å². The lowest BCUT2D eigenvalue weighted by Gasteiger charge is -2.30. The average molecular weight is 474 g/mol. The first kappa shape index (κ1) is 22.1. The topological polar surface area (TPSA) is 139 Å². The molecule has 0 aromatic heterocycles. The minimum absolute atomic E-state index is 0.0790. The minimum atomic E-state index is -1.06. The summed E-state index contributed by atoms with van der Waals surface area (Å²) in [5.74, 6) is -3.75. The fraction of sp³-hybridized carbons (Fsp3) is 0.208. The number of nitrogens with zero attached hydrogens (tertiary/aromatic N) is 4. The number of hydrogen-bond donors (Lipinski definition) is 0. The second-order valence-electron chi connectivity index (χ2n) is 8.29. The first-order valence-electron chi connectivity index (χ1n) is 10.7. The number of amides is 2. The third-order valence-electron chi connectivity index (χ3n) is 6.26. The number of hydrogen-bond acceptors (Lipinski definition) is 9. The van der Waals surface area contributed by atoms with Crippen molar-refractivity contribution in [3.05, 3.63) is 76.4 Å². The maximum Gasteiger partial charge on any atom is 0.308 e. The molecule has 11 nitrogen and oxygen atoms in total. The van der Waals surface area contributed by atoms with Crippen LogP contribution in [0.4, 0.5) is 11.4 Å². The number of benzene rings is 2. The van der Waals surface area contributed by atoms with E-state index in [2.05, 4.69) is 5.10 Å². The second kappa shape index (κ2) is 8.28. The van der Waals surface area contributed by atoms with Crippen molar-refractivity contribution >= 4 is 41.2 Å². The molecule has 4 atom stereocenters. The number of esters is 1. The molecule has 2 saturated heterocycles. The molecule has 0 aliphatic carbocycles. The largest absolute Gasteiger partial charge is 0.427 e. The maximum atomic E-state index is 13.6. The van der Waals surface area contributed by atoms with E-state index >= 15 is 0 Å². The molecule has 3 heterocycles. The van der Waals surface area contributed by atoms with Crippen molar-refractivity contribution in [3.8, 4) is 5.75 Å². The van der Waals surface area contributed by atoms with E-state index in [9.17, 15) is 29.3 Å². The Morgan fingerprint density at radius 2 is 1.77 bits per heavy atom. The van der Waals surface area contributed by atoms with Gasteiger partial charge in [0.1, 0.15) is 11.8 Å². The van der Waals surface area contributed by atoms with Gasteiger partial charge in [0.05, 0.1) is 28.5 Å². The molecule has 0 radical (unpaired) electrons. The molecule has 3 aliphatic heterocycles. The summed E-state index contributed by atoms with van der Waals surface area (Å²) in [7, 11) is 0. The Balaban J connectivity index is 1.52. The Kier molecular flexibility index (Phi) is 5.24. The number of imide groups is 1. The number of rotatable bonds is 5. The molecule has 0 unspecified atom stereocenters. The Bertz CT molecular complexity index is 1330. The van der Waals surface area contributed by atoms with Crippen LogP contribution < -0.4 is 9.64 Å². The van der Waals surface area contributed by atoms with E-state index in [0.29, 0.717) is 0 Å². The van der Waals surface area contributed by atoms with Crippen LogP contribution in [0, 0.1) is 22.0 Å². The summed E-state index contributed by atoms with van der Waals surface area (Å²) in [5, 5.41) is 17.0. The van der Waals surface area contributed by atoms with Crippen molar-refractivity contribution in [2.45, 2.75) is 19.0 Å². The van der Waals surface area contributed by atoms with E-state index in [0.717, 1.165) is 11.0 Å². The highest BCUT2D eigenvalue weighted by molar-refractivity contribution is 6.24. The lowest BCUT2D eigenvalue weighted by molar-refractivity contribution is -0.384. The lowest BCUT2D eigenvalue weighted by Crippen LogP contribution is -2.46. The summed E-state index contributed by atoms with van der Waals surface area (Å²) in [5.41, 5.74) is 0.0731. The molecular weight excluding hydrogens is 456 g/mol. The summed E-state index contributed by atoms with van der Waals surface area (Å²) in [6.07, 6.45) is 4.84. The van der Waals surface area contributed by atoms with Crippen LogP contribution in [0.3, 0.4) is 0 Å². The predicted octanol–water partition coefficient (Wildman–Crippen LogP) is 2.12. The third-order valence-corrected chi connectivity index (χ3v) is 6.26. The van der Waals surface area contributed by atoms with Gasteiger partial charge < -0.3 is 4.74 Å². The number of nitro groups is 1. The molecule has 0 bridgehead atoms. The molecule has 11 heteroatoms. The van der Waals surface area contributed by atoms with Crippen molar-refractivity contribution in [2.24, 2.45) is 16.9 Å². The number of Topliss-reactive ketones (excluding diaryl/α,β-unsaturated/α-hetero) is 1. The second-order valence-corrected chi connectivity index (χ2v) is 8.29. The quantitative estimate of drug-likeness (QED) is 0.160. The van der Waals surface area contributed by atoms with Crippen molar-refractivity contribution < 1.29 is 28.8 Å². The van der Waals surface area contributed by atoms with E-state index in [1.165, 1.54) is 60.6 Å². The third kappa shape index (κ3) is 3.57. The van der Waals surface area contributed by atoms with Gasteiger partial charge in [0.2, 0.25) is 11.8 Å². The molecule has 3 aliphatic rings. The average Bonchev–Trinajstić information content (AvgIpc) is 3.31.